The zero-order chi connectivity index (χ0) is 22.4. The van der Waals surface area contributed by atoms with E-state index in [1.807, 2.05) is 12.2 Å². The van der Waals surface area contributed by atoms with Crippen LogP contribution in [0.3, 0.4) is 0 Å². The second-order valence-corrected chi connectivity index (χ2v) is 9.75. The third-order valence-corrected chi connectivity index (χ3v) is 6.39. The van der Waals surface area contributed by atoms with Crippen molar-refractivity contribution < 1.29 is 14.9 Å². The van der Waals surface area contributed by atoms with E-state index >= 15 is 0 Å². The van der Waals surface area contributed by atoms with E-state index in [4.69, 9.17) is 9.84 Å². The average Bonchev–Trinajstić information content (AvgIpc) is 3.27. The number of fused-ring (bicyclic) bond motifs is 1. The van der Waals surface area contributed by atoms with Gasteiger partial charge in [0.15, 0.2) is 0 Å². The SMILES string of the molecule is CC(=C/C=C\C=C(\C)CCCO)/C=C/C=C(C)\C=C\C12OC1(C)CC(O)CC2(C)C. The van der Waals surface area contributed by atoms with Gasteiger partial charge in [-0.25, -0.2) is 0 Å². The van der Waals surface area contributed by atoms with Crippen LogP contribution in [-0.2, 0) is 4.74 Å². The molecule has 1 aliphatic carbocycles. The summed E-state index contributed by atoms with van der Waals surface area (Å²) in [5.41, 5.74) is 3.02. The molecule has 0 bridgehead atoms. The summed E-state index contributed by atoms with van der Waals surface area (Å²) in [6, 6.07) is 0. The van der Waals surface area contributed by atoms with Crippen LogP contribution in [-0.4, -0.2) is 34.1 Å². The molecule has 3 unspecified atom stereocenters. The molecule has 30 heavy (non-hydrogen) atoms. The number of rotatable bonds is 9. The lowest BCUT2D eigenvalue weighted by Gasteiger charge is -2.39. The lowest BCUT2D eigenvalue weighted by atomic mass is 9.63. The van der Waals surface area contributed by atoms with E-state index < -0.39 is 0 Å². The number of aliphatic hydroxyl groups is 2. The summed E-state index contributed by atoms with van der Waals surface area (Å²) in [6.45, 7) is 13.0. The van der Waals surface area contributed by atoms with Gasteiger partial charge in [-0.05, 0) is 53.0 Å². The first-order chi connectivity index (χ1) is 14.1. The van der Waals surface area contributed by atoms with E-state index in [2.05, 4.69) is 84.1 Å². The molecule has 2 rings (SSSR count). The highest BCUT2D eigenvalue weighted by molar-refractivity contribution is 5.36. The monoisotopic (exact) mass is 412 g/mol. The van der Waals surface area contributed by atoms with E-state index in [9.17, 15) is 5.11 Å². The predicted octanol–water partition coefficient (Wildman–Crippen LogP) is 5.98. The fraction of sp³-hybridized carbons (Fsp3) is 0.556. The Labute approximate surface area is 183 Å². The van der Waals surface area contributed by atoms with Gasteiger partial charge in [0.1, 0.15) is 11.2 Å². The first kappa shape index (κ1) is 24.6. The van der Waals surface area contributed by atoms with E-state index in [1.165, 1.54) is 16.7 Å². The maximum absolute atomic E-state index is 10.2. The third kappa shape index (κ3) is 5.94. The highest BCUT2D eigenvalue weighted by Crippen LogP contribution is 2.66. The number of hydrogen-bond donors (Lipinski definition) is 2. The Bertz CT molecular complexity index is 778. The minimum atomic E-state index is -0.280. The van der Waals surface area contributed by atoms with Crippen molar-refractivity contribution in [3.63, 3.8) is 0 Å². The highest BCUT2D eigenvalue weighted by Gasteiger charge is 2.74. The molecule has 0 aromatic heterocycles. The van der Waals surface area contributed by atoms with Gasteiger partial charge < -0.3 is 14.9 Å². The van der Waals surface area contributed by atoms with Crippen molar-refractivity contribution in [3.8, 4) is 0 Å². The molecular weight excluding hydrogens is 372 g/mol. The maximum Gasteiger partial charge on any atom is 0.121 e. The third-order valence-electron chi connectivity index (χ3n) is 6.39. The average molecular weight is 413 g/mol. The van der Waals surface area contributed by atoms with Gasteiger partial charge in [0.05, 0.1) is 6.10 Å². The Hall–Kier alpha value is -1.68. The molecule has 2 N–H and O–H groups in total. The minimum absolute atomic E-state index is 0.0808. The quantitative estimate of drug-likeness (QED) is 0.362. The summed E-state index contributed by atoms with van der Waals surface area (Å²) in [7, 11) is 0. The number of ether oxygens (including phenoxy) is 1. The number of aliphatic hydroxyl groups excluding tert-OH is 2. The fourth-order valence-corrected chi connectivity index (χ4v) is 4.66. The van der Waals surface area contributed by atoms with Crippen molar-refractivity contribution in [3.05, 3.63) is 71.4 Å². The van der Waals surface area contributed by atoms with Gasteiger partial charge in [-0.1, -0.05) is 79.2 Å². The van der Waals surface area contributed by atoms with Crippen molar-refractivity contribution in [1.82, 2.24) is 0 Å². The van der Waals surface area contributed by atoms with Gasteiger partial charge in [-0.15, -0.1) is 0 Å². The molecule has 2 aliphatic rings. The van der Waals surface area contributed by atoms with Crippen molar-refractivity contribution in [1.29, 1.82) is 0 Å². The van der Waals surface area contributed by atoms with E-state index in [1.54, 1.807) is 0 Å². The van der Waals surface area contributed by atoms with Gasteiger partial charge in [0, 0.05) is 18.4 Å². The Morgan fingerprint density at radius 1 is 0.933 bits per heavy atom. The maximum atomic E-state index is 10.2. The summed E-state index contributed by atoms with van der Waals surface area (Å²) in [6.07, 6.45) is 21.8. The second kappa shape index (κ2) is 10.1. The molecule has 3 nitrogen and oxygen atoms in total. The molecule has 0 amide bonds. The zero-order valence-electron chi connectivity index (χ0n) is 19.6. The summed E-state index contributed by atoms with van der Waals surface area (Å²) >= 11 is 0. The van der Waals surface area contributed by atoms with Gasteiger partial charge >= 0.3 is 0 Å². The molecule has 0 aromatic carbocycles. The van der Waals surface area contributed by atoms with Crippen molar-refractivity contribution >= 4 is 0 Å². The van der Waals surface area contributed by atoms with Crippen molar-refractivity contribution in [2.24, 2.45) is 5.41 Å². The number of allylic oxidation sites excluding steroid dienone is 11. The number of hydrogen-bond acceptors (Lipinski definition) is 3. The Balaban J connectivity index is 1.93. The van der Waals surface area contributed by atoms with E-state index in [0.717, 1.165) is 19.3 Å². The second-order valence-electron chi connectivity index (χ2n) is 9.75. The fourth-order valence-electron chi connectivity index (χ4n) is 4.66. The van der Waals surface area contributed by atoms with Gasteiger partial charge in [-0.2, -0.15) is 0 Å². The van der Waals surface area contributed by atoms with Crippen LogP contribution in [0.1, 0.15) is 67.2 Å². The first-order valence-electron chi connectivity index (χ1n) is 11.1. The van der Waals surface area contributed by atoms with Gasteiger partial charge in [0.25, 0.3) is 0 Å². The topological polar surface area (TPSA) is 53.0 Å². The molecule has 1 heterocycles. The standard InChI is InChI=1S/C27H40O3/c1-21(11-7-8-12-22(2)15-10-18-28)13-9-14-23(3)16-17-27-25(4,5)19-24(29)20-26(27,6)30-27/h7-9,11-14,16-17,24,28-29H,10,15,18-20H2,1-6H3/b8-7-,13-9+,17-16+,21-11-,22-12-,23-14-. The number of epoxide rings is 1. The Morgan fingerprint density at radius 2 is 1.57 bits per heavy atom. The smallest absolute Gasteiger partial charge is 0.121 e. The van der Waals surface area contributed by atoms with Crippen LogP contribution in [0, 0.1) is 5.41 Å². The van der Waals surface area contributed by atoms with Crippen molar-refractivity contribution in [2.75, 3.05) is 6.61 Å². The normalized spacial score (nSPS) is 32.4. The summed E-state index contributed by atoms with van der Waals surface area (Å²) in [5.74, 6) is 0. The minimum Gasteiger partial charge on any atom is -0.396 e. The van der Waals surface area contributed by atoms with Crippen molar-refractivity contribution in [2.45, 2.75) is 84.5 Å². The van der Waals surface area contributed by atoms with Crippen LogP contribution in [0.2, 0.25) is 0 Å². The molecule has 1 saturated heterocycles. The van der Waals surface area contributed by atoms with Gasteiger partial charge in [0.2, 0.25) is 0 Å². The molecule has 166 valence electrons. The largest absolute Gasteiger partial charge is 0.396 e. The summed E-state index contributed by atoms with van der Waals surface area (Å²) < 4.78 is 6.20. The van der Waals surface area contributed by atoms with E-state index in [0.29, 0.717) is 6.42 Å². The molecule has 2 fully saturated rings. The molecular formula is C27H40O3. The first-order valence-corrected chi connectivity index (χ1v) is 11.1. The van der Waals surface area contributed by atoms with Crippen LogP contribution in [0.25, 0.3) is 0 Å². The molecule has 3 heteroatoms. The zero-order valence-corrected chi connectivity index (χ0v) is 19.6. The lowest BCUT2D eigenvalue weighted by Crippen LogP contribution is -2.46. The van der Waals surface area contributed by atoms with Crippen LogP contribution in [0.15, 0.2) is 71.4 Å². The van der Waals surface area contributed by atoms with Crippen LogP contribution >= 0.6 is 0 Å². The van der Waals surface area contributed by atoms with E-state index in [-0.39, 0.29) is 29.3 Å². The van der Waals surface area contributed by atoms with Gasteiger partial charge in [-0.3, -0.25) is 0 Å². The molecule has 1 saturated carbocycles. The molecule has 0 radical (unpaired) electrons. The summed E-state index contributed by atoms with van der Waals surface area (Å²) in [4.78, 5) is 0. The molecule has 3 atom stereocenters. The molecule has 0 aromatic rings. The van der Waals surface area contributed by atoms with Crippen LogP contribution in [0.4, 0.5) is 0 Å². The Morgan fingerprint density at radius 3 is 2.23 bits per heavy atom. The summed E-state index contributed by atoms with van der Waals surface area (Å²) in [5, 5.41) is 19.0. The predicted molar refractivity (Wildman–Crippen MR) is 126 cm³/mol. The van der Waals surface area contributed by atoms with Crippen LogP contribution < -0.4 is 0 Å². The molecule has 1 aliphatic heterocycles. The molecule has 0 spiro atoms. The lowest BCUT2D eigenvalue weighted by molar-refractivity contribution is 0.0515. The van der Waals surface area contributed by atoms with Crippen LogP contribution in [0.5, 0.6) is 0 Å². The highest BCUT2D eigenvalue weighted by atomic mass is 16.6. The Kier molecular flexibility index (Phi) is 8.27.